The summed E-state index contributed by atoms with van der Waals surface area (Å²) in [7, 11) is 0. The SMILES string of the molecule is O=C1Cc2cc(C(=O)CSc3nc(C(F)(F)F)nc4ccccc34)ccc2N1. The Bertz CT molecular complexity index is 1120. The molecule has 1 N–H and O–H groups in total. The minimum atomic E-state index is -4.68. The van der Waals surface area contributed by atoms with Gasteiger partial charge in [0, 0.05) is 16.6 Å². The minimum absolute atomic E-state index is 0.0849. The highest BCUT2D eigenvalue weighted by molar-refractivity contribution is 8.00. The summed E-state index contributed by atoms with van der Waals surface area (Å²) in [4.78, 5) is 31.1. The molecule has 28 heavy (non-hydrogen) atoms. The molecule has 9 heteroatoms. The fraction of sp³-hybridized carbons (Fsp3) is 0.158. The van der Waals surface area contributed by atoms with E-state index in [1.165, 1.54) is 6.07 Å². The molecule has 3 aromatic rings. The summed E-state index contributed by atoms with van der Waals surface area (Å²) in [5, 5.41) is 3.24. The molecule has 0 saturated carbocycles. The predicted octanol–water partition coefficient (Wildman–Crippen LogP) is 4.12. The van der Waals surface area contributed by atoms with Crippen LogP contribution in [0, 0.1) is 0 Å². The molecule has 1 amide bonds. The normalized spacial score (nSPS) is 13.5. The number of Topliss-reactive ketones (excluding diaryl/α,β-unsaturated/α-hetero) is 1. The Morgan fingerprint density at radius 2 is 1.93 bits per heavy atom. The summed E-state index contributed by atoms with van der Waals surface area (Å²) < 4.78 is 39.3. The van der Waals surface area contributed by atoms with E-state index in [1.807, 2.05) is 0 Å². The lowest BCUT2D eigenvalue weighted by atomic mass is 10.1. The van der Waals surface area contributed by atoms with Crippen LogP contribution >= 0.6 is 11.8 Å². The van der Waals surface area contributed by atoms with Gasteiger partial charge >= 0.3 is 6.18 Å². The van der Waals surface area contributed by atoms with Crippen LogP contribution in [0.2, 0.25) is 0 Å². The highest BCUT2D eigenvalue weighted by Crippen LogP contribution is 2.32. The van der Waals surface area contributed by atoms with Crippen molar-refractivity contribution in [3.8, 4) is 0 Å². The van der Waals surface area contributed by atoms with Gasteiger partial charge in [-0.1, -0.05) is 30.0 Å². The average molecular weight is 403 g/mol. The smallest absolute Gasteiger partial charge is 0.326 e. The van der Waals surface area contributed by atoms with Gasteiger partial charge in [0.15, 0.2) is 5.78 Å². The lowest BCUT2D eigenvalue weighted by molar-refractivity contribution is -0.145. The number of hydrogen-bond donors (Lipinski definition) is 1. The number of carbonyl (C=O) groups excluding carboxylic acids is 2. The van der Waals surface area contributed by atoms with E-state index in [0.717, 1.165) is 17.3 Å². The summed E-state index contributed by atoms with van der Waals surface area (Å²) in [5.41, 5.74) is 1.97. The van der Waals surface area contributed by atoms with Crippen LogP contribution in [0.25, 0.3) is 10.9 Å². The number of hydrogen-bond acceptors (Lipinski definition) is 5. The van der Waals surface area contributed by atoms with Gasteiger partial charge in [-0.3, -0.25) is 9.59 Å². The van der Waals surface area contributed by atoms with Gasteiger partial charge in [-0.25, -0.2) is 9.97 Å². The Morgan fingerprint density at radius 1 is 1.14 bits per heavy atom. The standard InChI is InChI=1S/C19H12F3N3O2S/c20-19(21,22)18-24-14-4-2-1-3-12(14)17(25-18)28-9-15(26)10-5-6-13-11(7-10)8-16(27)23-13/h1-7H,8-9H2,(H,23,27). The number of ketones is 1. The molecule has 0 saturated heterocycles. The minimum Gasteiger partial charge on any atom is -0.326 e. The third-order valence-electron chi connectivity index (χ3n) is 4.21. The zero-order valence-corrected chi connectivity index (χ0v) is 15.0. The van der Waals surface area contributed by atoms with Gasteiger partial charge < -0.3 is 5.32 Å². The summed E-state index contributed by atoms with van der Waals surface area (Å²) >= 11 is 0.934. The number of para-hydroxylation sites is 1. The maximum Gasteiger partial charge on any atom is 0.451 e. The summed E-state index contributed by atoms with van der Waals surface area (Å²) in [6.07, 6.45) is -4.47. The molecule has 2 aromatic carbocycles. The van der Waals surface area contributed by atoms with E-state index in [4.69, 9.17) is 0 Å². The van der Waals surface area contributed by atoms with Crippen molar-refractivity contribution in [2.45, 2.75) is 17.6 Å². The van der Waals surface area contributed by atoms with Crippen LogP contribution in [-0.4, -0.2) is 27.4 Å². The molecule has 0 bridgehead atoms. The maximum absolute atomic E-state index is 13.1. The fourth-order valence-electron chi connectivity index (χ4n) is 2.90. The number of amides is 1. The number of nitrogens with one attached hydrogen (secondary N) is 1. The molecule has 0 radical (unpaired) electrons. The van der Waals surface area contributed by atoms with E-state index >= 15 is 0 Å². The highest BCUT2D eigenvalue weighted by atomic mass is 32.2. The molecule has 142 valence electrons. The number of carbonyl (C=O) groups is 2. The second kappa shape index (κ2) is 6.90. The van der Waals surface area contributed by atoms with Crippen molar-refractivity contribution in [2.24, 2.45) is 0 Å². The van der Waals surface area contributed by atoms with Crippen molar-refractivity contribution in [3.05, 3.63) is 59.4 Å². The molecule has 1 aromatic heterocycles. The van der Waals surface area contributed by atoms with Crippen LogP contribution in [0.15, 0.2) is 47.5 Å². The van der Waals surface area contributed by atoms with Crippen molar-refractivity contribution in [3.63, 3.8) is 0 Å². The maximum atomic E-state index is 13.1. The first-order valence-corrected chi connectivity index (χ1v) is 9.22. The number of alkyl halides is 3. The Hall–Kier alpha value is -2.94. The second-order valence-electron chi connectivity index (χ2n) is 6.18. The van der Waals surface area contributed by atoms with Gasteiger partial charge in [-0.15, -0.1) is 0 Å². The number of aromatic nitrogens is 2. The van der Waals surface area contributed by atoms with Crippen molar-refractivity contribution in [1.82, 2.24) is 9.97 Å². The quantitative estimate of drug-likeness (QED) is 0.403. The van der Waals surface area contributed by atoms with Crippen LogP contribution in [-0.2, 0) is 17.4 Å². The number of thioether (sulfide) groups is 1. The summed E-state index contributed by atoms with van der Waals surface area (Å²) in [6, 6.07) is 11.2. The molecule has 0 fully saturated rings. The fourth-order valence-corrected chi connectivity index (χ4v) is 3.82. The van der Waals surface area contributed by atoms with E-state index in [-0.39, 0.29) is 34.4 Å². The topological polar surface area (TPSA) is 72.0 Å². The van der Waals surface area contributed by atoms with E-state index in [0.29, 0.717) is 16.6 Å². The van der Waals surface area contributed by atoms with Crippen molar-refractivity contribution < 1.29 is 22.8 Å². The lowest BCUT2D eigenvalue weighted by Crippen LogP contribution is -2.12. The molecular weight excluding hydrogens is 391 g/mol. The Balaban J connectivity index is 1.59. The number of nitrogens with zero attached hydrogens (tertiary/aromatic N) is 2. The summed E-state index contributed by atoms with van der Waals surface area (Å²) in [6.45, 7) is 0. The van der Waals surface area contributed by atoms with Gasteiger partial charge in [-0.2, -0.15) is 13.2 Å². The Kier molecular flexibility index (Phi) is 4.54. The lowest BCUT2D eigenvalue weighted by Gasteiger charge is -2.10. The molecule has 1 aliphatic heterocycles. The molecule has 5 nitrogen and oxygen atoms in total. The first-order valence-electron chi connectivity index (χ1n) is 8.24. The molecule has 4 rings (SSSR count). The van der Waals surface area contributed by atoms with Crippen molar-refractivity contribution in [1.29, 1.82) is 0 Å². The molecule has 0 spiro atoms. The third-order valence-corrected chi connectivity index (χ3v) is 5.21. The highest BCUT2D eigenvalue weighted by Gasteiger charge is 2.35. The second-order valence-corrected chi connectivity index (χ2v) is 7.14. The number of fused-ring (bicyclic) bond motifs is 2. The number of rotatable bonds is 4. The molecule has 0 aliphatic carbocycles. The van der Waals surface area contributed by atoms with Crippen LogP contribution in [0.1, 0.15) is 21.7 Å². The first-order chi connectivity index (χ1) is 13.3. The molecule has 0 atom stereocenters. The van der Waals surface area contributed by atoms with Gasteiger partial charge in [0.25, 0.3) is 0 Å². The van der Waals surface area contributed by atoms with E-state index < -0.39 is 12.0 Å². The molecule has 2 heterocycles. The van der Waals surface area contributed by atoms with E-state index in [9.17, 15) is 22.8 Å². The monoisotopic (exact) mass is 403 g/mol. The number of benzene rings is 2. The van der Waals surface area contributed by atoms with Crippen LogP contribution in [0.4, 0.5) is 18.9 Å². The van der Waals surface area contributed by atoms with Gasteiger partial charge in [0.1, 0.15) is 5.03 Å². The molecule has 1 aliphatic rings. The number of halogens is 3. The van der Waals surface area contributed by atoms with Crippen molar-refractivity contribution >= 4 is 40.0 Å². The van der Waals surface area contributed by atoms with Crippen LogP contribution < -0.4 is 5.32 Å². The average Bonchev–Trinajstić information content (AvgIpc) is 3.04. The third kappa shape index (κ3) is 3.57. The Morgan fingerprint density at radius 3 is 2.71 bits per heavy atom. The largest absolute Gasteiger partial charge is 0.451 e. The van der Waals surface area contributed by atoms with Gasteiger partial charge in [0.2, 0.25) is 11.7 Å². The molecule has 0 unspecified atom stereocenters. The van der Waals surface area contributed by atoms with E-state index in [2.05, 4.69) is 15.3 Å². The zero-order chi connectivity index (χ0) is 19.9. The predicted molar refractivity (Wildman–Crippen MR) is 98.4 cm³/mol. The van der Waals surface area contributed by atoms with Gasteiger partial charge in [-0.05, 0) is 29.8 Å². The van der Waals surface area contributed by atoms with Crippen molar-refractivity contribution in [2.75, 3.05) is 11.1 Å². The van der Waals surface area contributed by atoms with Crippen LogP contribution in [0.3, 0.4) is 0 Å². The summed E-state index contributed by atoms with van der Waals surface area (Å²) in [5.74, 6) is -1.72. The molecular formula is C19H12F3N3O2S. The van der Waals surface area contributed by atoms with E-state index in [1.54, 1.807) is 36.4 Å². The first kappa shape index (κ1) is 18.4. The Labute approximate surface area is 161 Å². The van der Waals surface area contributed by atoms with Gasteiger partial charge in [0.05, 0.1) is 17.7 Å². The zero-order valence-electron chi connectivity index (χ0n) is 14.2. The van der Waals surface area contributed by atoms with Crippen LogP contribution in [0.5, 0.6) is 0 Å². The number of anilines is 1.